The number of pyridine rings is 2. The molecule has 1 aliphatic carbocycles. The highest BCUT2D eigenvalue weighted by Crippen LogP contribution is 2.40. The molecule has 8 nitrogen and oxygen atoms in total. The number of hydrogen-bond acceptors (Lipinski definition) is 8. The number of methoxy groups -OCH3 is 2. The number of carbonyl (C=O) groups excluding carboxylic acids is 2. The van der Waals surface area contributed by atoms with Gasteiger partial charge in [-0.3, -0.25) is 0 Å². The maximum atomic E-state index is 11.3. The standard InChI is InChI=1S/C10H12N2O2.C7H7BrN2O2/c1-14-10(13)8-4-7(6-2-3-6)5-12-9(8)11;1-12-7(11)5-2-4(8)3-10-6(5)9/h4-6H,2-3H2,1H3,(H2,11,12);2-3H,1H3,(H2,9,10). The molecule has 1 aliphatic rings. The summed E-state index contributed by atoms with van der Waals surface area (Å²) in [5.41, 5.74) is 12.7. The van der Waals surface area contributed by atoms with Crippen LogP contribution >= 0.6 is 15.9 Å². The first-order chi connectivity index (χ1) is 12.4. The van der Waals surface area contributed by atoms with Crippen molar-refractivity contribution >= 4 is 39.5 Å². The van der Waals surface area contributed by atoms with E-state index in [4.69, 9.17) is 11.5 Å². The van der Waals surface area contributed by atoms with Gasteiger partial charge in [0.2, 0.25) is 0 Å². The zero-order valence-corrected chi connectivity index (χ0v) is 15.9. The number of anilines is 2. The zero-order valence-electron chi connectivity index (χ0n) is 14.4. The number of nitrogen functional groups attached to an aromatic ring is 2. The van der Waals surface area contributed by atoms with Crippen molar-refractivity contribution in [2.75, 3.05) is 25.7 Å². The fourth-order valence-electron chi connectivity index (χ4n) is 2.13. The lowest BCUT2D eigenvalue weighted by Crippen LogP contribution is -2.07. The Bertz CT molecular complexity index is 824. The molecule has 2 aromatic rings. The zero-order chi connectivity index (χ0) is 19.3. The molecule has 26 heavy (non-hydrogen) atoms. The Kier molecular flexibility index (Phi) is 6.51. The molecule has 0 amide bonds. The Balaban J connectivity index is 0.000000190. The van der Waals surface area contributed by atoms with Gasteiger partial charge in [0.1, 0.15) is 22.8 Å². The smallest absolute Gasteiger partial charge is 0.341 e. The van der Waals surface area contributed by atoms with Crippen molar-refractivity contribution in [3.8, 4) is 0 Å². The van der Waals surface area contributed by atoms with E-state index in [1.54, 1.807) is 18.3 Å². The quantitative estimate of drug-likeness (QED) is 0.721. The summed E-state index contributed by atoms with van der Waals surface area (Å²) in [4.78, 5) is 30.1. The Morgan fingerprint density at radius 2 is 1.50 bits per heavy atom. The number of ether oxygens (including phenoxy) is 2. The van der Waals surface area contributed by atoms with Gasteiger partial charge >= 0.3 is 11.9 Å². The number of carbonyl (C=O) groups is 2. The summed E-state index contributed by atoms with van der Waals surface area (Å²) in [7, 11) is 2.63. The van der Waals surface area contributed by atoms with Crippen LogP contribution in [0.25, 0.3) is 0 Å². The van der Waals surface area contributed by atoms with Crippen molar-refractivity contribution in [3.05, 3.63) is 45.7 Å². The summed E-state index contributed by atoms with van der Waals surface area (Å²) >= 11 is 3.17. The van der Waals surface area contributed by atoms with Gasteiger partial charge < -0.3 is 20.9 Å². The first kappa shape index (κ1) is 19.6. The molecule has 2 aromatic heterocycles. The van der Waals surface area contributed by atoms with Crippen molar-refractivity contribution in [3.63, 3.8) is 0 Å². The molecule has 0 radical (unpaired) electrons. The third kappa shape index (κ3) is 4.92. The molecule has 0 aromatic carbocycles. The Morgan fingerprint density at radius 3 is 2.00 bits per heavy atom. The van der Waals surface area contributed by atoms with Crippen LogP contribution in [0.15, 0.2) is 29.0 Å². The van der Waals surface area contributed by atoms with Gasteiger partial charge in [-0.1, -0.05) is 0 Å². The Hall–Kier alpha value is -2.68. The number of esters is 2. The van der Waals surface area contributed by atoms with Crippen LogP contribution in [0.2, 0.25) is 0 Å². The van der Waals surface area contributed by atoms with Crippen LogP contribution < -0.4 is 11.5 Å². The molecule has 1 fully saturated rings. The summed E-state index contributed by atoms with van der Waals surface area (Å²) in [6, 6.07) is 3.35. The lowest BCUT2D eigenvalue weighted by Gasteiger charge is -2.04. The van der Waals surface area contributed by atoms with E-state index in [9.17, 15) is 9.59 Å². The molecule has 9 heteroatoms. The molecule has 0 saturated heterocycles. The van der Waals surface area contributed by atoms with E-state index in [0.717, 1.165) is 5.56 Å². The van der Waals surface area contributed by atoms with Crippen molar-refractivity contribution < 1.29 is 19.1 Å². The van der Waals surface area contributed by atoms with Gasteiger partial charge in [0, 0.05) is 16.9 Å². The van der Waals surface area contributed by atoms with Gasteiger partial charge in [-0.05, 0) is 52.4 Å². The van der Waals surface area contributed by atoms with E-state index in [0.29, 0.717) is 16.0 Å². The largest absolute Gasteiger partial charge is 0.465 e. The molecule has 0 unspecified atom stereocenters. The third-order valence-electron chi connectivity index (χ3n) is 3.68. The summed E-state index contributed by atoms with van der Waals surface area (Å²) in [5, 5.41) is 0. The second-order valence-electron chi connectivity index (χ2n) is 5.55. The van der Waals surface area contributed by atoms with Crippen LogP contribution in [-0.4, -0.2) is 36.1 Å². The second-order valence-corrected chi connectivity index (χ2v) is 6.46. The molecule has 2 heterocycles. The molecule has 0 atom stereocenters. The first-order valence-electron chi connectivity index (χ1n) is 7.70. The van der Waals surface area contributed by atoms with Crippen molar-refractivity contribution in [1.82, 2.24) is 9.97 Å². The Morgan fingerprint density at radius 1 is 1.00 bits per heavy atom. The molecule has 3 rings (SSSR count). The first-order valence-corrected chi connectivity index (χ1v) is 8.49. The minimum Gasteiger partial charge on any atom is -0.465 e. The number of aromatic nitrogens is 2. The number of halogens is 1. The van der Waals surface area contributed by atoms with Crippen LogP contribution in [0.4, 0.5) is 11.6 Å². The van der Waals surface area contributed by atoms with Gasteiger partial charge in [0.25, 0.3) is 0 Å². The average molecular weight is 423 g/mol. The molecule has 1 saturated carbocycles. The molecule has 0 aliphatic heterocycles. The lowest BCUT2D eigenvalue weighted by molar-refractivity contribution is 0.0592. The van der Waals surface area contributed by atoms with Crippen LogP contribution in [0.3, 0.4) is 0 Å². The third-order valence-corrected chi connectivity index (χ3v) is 4.12. The van der Waals surface area contributed by atoms with E-state index in [1.807, 2.05) is 0 Å². The monoisotopic (exact) mass is 422 g/mol. The minimum absolute atomic E-state index is 0.171. The lowest BCUT2D eigenvalue weighted by atomic mass is 10.1. The Labute approximate surface area is 159 Å². The molecule has 0 spiro atoms. The fraction of sp³-hybridized carbons (Fsp3) is 0.294. The van der Waals surface area contributed by atoms with E-state index in [-0.39, 0.29) is 17.2 Å². The van der Waals surface area contributed by atoms with Crippen LogP contribution in [0.1, 0.15) is 45.0 Å². The van der Waals surface area contributed by atoms with E-state index in [1.165, 1.54) is 33.3 Å². The topological polar surface area (TPSA) is 130 Å². The predicted molar refractivity (Wildman–Crippen MR) is 99.7 cm³/mol. The number of rotatable bonds is 3. The van der Waals surface area contributed by atoms with E-state index < -0.39 is 11.9 Å². The van der Waals surface area contributed by atoms with Gasteiger partial charge in [-0.2, -0.15) is 0 Å². The highest BCUT2D eigenvalue weighted by atomic mass is 79.9. The van der Waals surface area contributed by atoms with E-state index in [2.05, 4.69) is 35.4 Å². The highest BCUT2D eigenvalue weighted by Gasteiger charge is 2.25. The fourth-order valence-corrected chi connectivity index (χ4v) is 2.46. The molecule has 0 bridgehead atoms. The predicted octanol–water partition coefficient (Wildman–Crippen LogP) is 2.54. The van der Waals surface area contributed by atoms with Crippen molar-refractivity contribution in [2.45, 2.75) is 18.8 Å². The number of hydrogen-bond donors (Lipinski definition) is 2. The second kappa shape index (κ2) is 8.61. The summed E-state index contributed by atoms with van der Waals surface area (Å²) in [6.07, 6.45) is 5.60. The normalized spacial score (nSPS) is 12.6. The van der Waals surface area contributed by atoms with Crippen LogP contribution in [0, 0.1) is 0 Å². The van der Waals surface area contributed by atoms with E-state index >= 15 is 0 Å². The van der Waals surface area contributed by atoms with Crippen molar-refractivity contribution in [2.24, 2.45) is 0 Å². The van der Waals surface area contributed by atoms with Gasteiger partial charge in [0.15, 0.2) is 0 Å². The average Bonchev–Trinajstić information content (AvgIpc) is 3.48. The molecular formula is C17H19BrN4O4. The maximum Gasteiger partial charge on any atom is 0.341 e. The molecule has 4 N–H and O–H groups in total. The summed E-state index contributed by atoms with van der Waals surface area (Å²) < 4.78 is 9.80. The number of nitrogens with zero attached hydrogens (tertiary/aromatic N) is 2. The summed E-state index contributed by atoms with van der Waals surface area (Å²) in [5.74, 6) is 0.0663. The molecule has 138 valence electrons. The van der Waals surface area contributed by atoms with Crippen molar-refractivity contribution in [1.29, 1.82) is 0 Å². The van der Waals surface area contributed by atoms with Gasteiger partial charge in [-0.25, -0.2) is 19.6 Å². The van der Waals surface area contributed by atoms with Crippen LogP contribution in [-0.2, 0) is 9.47 Å². The highest BCUT2D eigenvalue weighted by molar-refractivity contribution is 9.10. The van der Waals surface area contributed by atoms with Gasteiger partial charge in [0.05, 0.1) is 14.2 Å². The summed E-state index contributed by atoms with van der Waals surface area (Å²) in [6.45, 7) is 0. The molecular weight excluding hydrogens is 404 g/mol. The maximum absolute atomic E-state index is 11.3. The number of nitrogens with two attached hydrogens (primary N) is 2. The SMILES string of the molecule is COC(=O)c1cc(Br)cnc1N.COC(=O)c1cc(C2CC2)cnc1N. The van der Waals surface area contributed by atoms with Crippen LogP contribution in [0.5, 0.6) is 0 Å². The minimum atomic E-state index is -0.485. The van der Waals surface area contributed by atoms with Gasteiger partial charge in [-0.15, -0.1) is 0 Å².